The van der Waals surface area contributed by atoms with Crippen LogP contribution in [0.3, 0.4) is 0 Å². The molecular formula is C62H108NO8+. The molecule has 0 amide bonds. The van der Waals surface area contributed by atoms with Gasteiger partial charge in [0, 0.05) is 12.8 Å². The van der Waals surface area contributed by atoms with Crippen molar-refractivity contribution < 1.29 is 42.9 Å². The number of rotatable bonds is 52. The second kappa shape index (κ2) is 52.8. The number of hydrogen-bond donors (Lipinski definition) is 1. The van der Waals surface area contributed by atoms with Gasteiger partial charge >= 0.3 is 17.9 Å². The van der Waals surface area contributed by atoms with Crippen LogP contribution in [0.4, 0.5) is 0 Å². The van der Waals surface area contributed by atoms with Gasteiger partial charge in [0.05, 0.1) is 34.4 Å². The van der Waals surface area contributed by atoms with Gasteiger partial charge in [-0.3, -0.25) is 9.59 Å². The first-order chi connectivity index (χ1) is 34.6. The van der Waals surface area contributed by atoms with Crippen molar-refractivity contribution in [2.45, 2.75) is 245 Å². The fourth-order valence-corrected chi connectivity index (χ4v) is 7.72. The van der Waals surface area contributed by atoms with Crippen LogP contribution in [0.25, 0.3) is 0 Å². The van der Waals surface area contributed by atoms with Gasteiger partial charge in [0.15, 0.2) is 6.10 Å². The number of nitrogens with zero attached hydrogens (tertiary/aromatic N) is 1. The van der Waals surface area contributed by atoms with Gasteiger partial charge in [-0.15, -0.1) is 0 Å². The zero-order valence-corrected chi connectivity index (χ0v) is 46.4. The van der Waals surface area contributed by atoms with Crippen LogP contribution in [0.1, 0.15) is 232 Å². The lowest BCUT2D eigenvalue weighted by atomic mass is 10.0. The van der Waals surface area contributed by atoms with Crippen LogP contribution in [0, 0.1) is 0 Å². The Bertz CT molecular complexity index is 1440. The Morgan fingerprint density at radius 2 is 0.803 bits per heavy atom. The summed E-state index contributed by atoms with van der Waals surface area (Å²) in [6.07, 6.45) is 66.5. The van der Waals surface area contributed by atoms with Crippen molar-refractivity contribution in [3.8, 4) is 0 Å². The normalized spacial score (nSPS) is 13.4. The fraction of sp³-hybridized carbons (Fsp3) is 0.726. The number of carboxylic acid groups (broad SMARTS) is 1. The average molecular weight is 996 g/mol. The van der Waals surface area contributed by atoms with Crippen LogP contribution >= 0.6 is 0 Å². The molecule has 0 aromatic rings. The summed E-state index contributed by atoms with van der Waals surface area (Å²) >= 11 is 0. The molecule has 0 aromatic carbocycles. The van der Waals surface area contributed by atoms with E-state index in [0.717, 1.165) is 89.9 Å². The molecule has 408 valence electrons. The van der Waals surface area contributed by atoms with Gasteiger partial charge in [0.2, 0.25) is 0 Å². The van der Waals surface area contributed by atoms with Gasteiger partial charge in [-0.1, -0.05) is 214 Å². The molecule has 2 unspecified atom stereocenters. The molecule has 1 N–H and O–H groups in total. The van der Waals surface area contributed by atoms with Gasteiger partial charge in [-0.25, -0.2) is 4.79 Å². The minimum absolute atomic E-state index is 0.181. The predicted octanol–water partition coefficient (Wildman–Crippen LogP) is 16.8. The Kier molecular flexibility index (Phi) is 50.2. The molecule has 0 aromatic heterocycles. The van der Waals surface area contributed by atoms with E-state index in [4.69, 9.17) is 18.9 Å². The highest BCUT2D eigenvalue weighted by molar-refractivity contribution is 5.71. The number of carbonyl (C=O) groups excluding carboxylic acids is 2. The fourth-order valence-electron chi connectivity index (χ4n) is 7.72. The minimum Gasteiger partial charge on any atom is -0.477 e. The molecule has 71 heavy (non-hydrogen) atoms. The largest absolute Gasteiger partial charge is 0.477 e. The summed E-state index contributed by atoms with van der Waals surface area (Å²) in [5, 5.41) is 9.70. The first kappa shape index (κ1) is 67.5. The molecule has 0 aliphatic heterocycles. The van der Waals surface area contributed by atoms with E-state index in [1.807, 2.05) is 21.1 Å². The molecule has 0 spiro atoms. The molecule has 0 radical (unpaired) electrons. The summed E-state index contributed by atoms with van der Waals surface area (Å²) in [4.78, 5) is 37.4. The van der Waals surface area contributed by atoms with E-state index in [1.165, 1.54) is 109 Å². The maximum Gasteiger partial charge on any atom is 0.361 e. The molecular weight excluding hydrogens is 887 g/mol. The summed E-state index contributed by atoms with van der Waals surface area (Å²) < 4.78 is 22.9. The molecule has 9 heteroatoms. The Morgan fingerprint density at radius 1 is 0.437 bits per heavy atom. The number of allylic oxidation sites excluding steroid dienone is 14. The lowest BCUT2D eigenvalue weighted by Crippen LogP contribution is -2.40. The van der Waals surface area contributed by atoms with Gasteiger partial charge < -0.3 is 28.5 Å². The van der Waals surface area contributed by atoms with E-state index in [9.17, 15) is 19.5 Å². The summed E-state index contributed by atoms with van der Waals surface area (Å²) in [5.41, 5.74) is 0. The van der Waals surface area contributed by atoms with Crippen molar-refractivity contribution in [2.24, 2.45) is 0 Å². The third-order valence-electron chi connectivity index (χ3n) is 12.1. The number of hydrogen-bond acceptors (Lipinski definition) is 7. The number of carbonyl (C=O) groups is 3. The van der Waals surface area contributed by atoms with Crippen LogP contribution in [0.2, 0.25) is 0 Å². The van der Waals surface area contributed by atoms with E-state index in [-0.39, 0.29) is 38.6 Å². The molecule has 0 aliphatic carbocycles. The van der Waals surface area contributed by atoms with Crippen molar-refractivity contribution in [3.05, 3.63) is 85.1 Å². The Balaban J connectivity index is 4.29. The lowest BCUT2D eigenvalue weighted by Gasteiger charge is -2.25. The zero-order valence-electron chi connectivity index (χ0n) is 46.4. The van der Waals surface area contributed by atoms with Crippen LogP contribution in [0.5, 0.6) is 0 Å². The van der Waals surface area contributed by atoms with E-state index >= 15 is 0 Å². The number of ether oxygens (including phenoxy) is 4. The highest BCUT2D eigenvalue weighted by Crippen LogP contribution is 2.15. The Hall–Kier alpha value is -3.53. The third kappa shape index (κ3) is 54.1. The third-order valence-corrected chi connectivity index (χ3v) is 12.1. The maximum absolute atomic E-state index is 12.9. The number of carboxylic acids is 1. The average Bonchev–Trinajstić information content (AvgIpc) is 3.34. The molecule has 9 nitrogen and oxygen atoms in total. The number of aliphatic carboxylic acids is 1. The van der Waals surface area contributed by atoms with Crippen LogP contribution in [-0.2, 0) is 33.3 Å². The van der Waals surface area contributed by atoms with Gasteiger partial charge in [-0.2, -0.15) is 0 Å². The van der Waals surface area contributed by atoms with E-state index in [1.54, 1.807) is 0 Å². The van der Waals surface area contributed by atoms with Crippen molar-refractivity contribution in [1.29, 1.82) is 0 Å². The van der Waals surface area contributed by atoms with E-state index < -0.39 is 24.3 Å². The highest BCUT2D eigenvalue weighted by Gasteiger charge is 2.25. The van der Waals surface area contributed by atoms with Crippen molar-refractivity contribution in [3.63, 3.8) is 0 Å². The number of quaternary nitrogens is 1. The van der Waals surface area contributed by atoms with Gasteiger partial charge in [0.1, 0.15) is 13.2 Å². The quantitative estimate of drug-likeness (QED) is 0.0211. The van der Waals surface area contributed by atoms with Crippen LogP contribution in [0.15, 0.2) is 85.1 Å². The van der Waals surface area contributed by atoms with Crippen LogP contribution in [-0.4, -0.2) is 87.4 Å². The predicted molar refractivity (Wildman–Crippen MR) is 299 cm³/mol. The summed E-state index contributed by atoms with van der Waals surface area (Å²) in [6.45, 7) is 4.74. The molecule has 0 aliphatic rings. The van der Waals surface area contributed by atoms with Gasteiger partial charge in [0.25, 0.3) is 6.29 Å². The number of likely N-dealkylation sites (N-methyl/N-ethyl adjacent to an activating group) is 1. The molecule has 0 saturated carbocycles. The minimum atomic E-state index is -1.52. The Labute approximate surface area is 436 Å². The van der Waals surface area contributed by atoms with Crippen molar-refractivity contribution in [2.75, 3.05) is 47.5 Å². The highest BCUT2D eigenvalue weighted by atomic mass is 16.7. The Morgan fingerprint density at radius 3 is 1.20 bits per heavy atom. The standard InChI is InChI=1S/C62H107NO8/c1-6-8-10-12-14-16-18-20-22-24-26-28-29-30-31-33-35-37-39-41-43-45-47-49-51-53-60(65)71-58(57-70-62(61(66)67)68-55-54-63(3,4)5)56-69-59(64)52-50-48-46-44-42-40-38-36-34-32-27-25-23-21-19-17-15-13-11-9-7-2/h8,10,14,16,19-22,25-28,34,36,58,62H,6-7,9,11-13,15,17-18,23-24,29-33,35,37-57H2,1-5H3/p+1/b10-8-,16-14-,21-19-,22-20-,27-25-,28-26-,36-34-. The van der Waals surface area contributed by atoms with E-state index in [2.05, 4.69) is 98.9 Å². The van der Waals surface area contributed by atoms with Crippen molar-refractivity contribution >= 4 is 17.9 Å². The summed E-state index contributed by atoms with van der Waals surface area (Å²) in [6, 6.07) is 0. The lowest BCUT2D eigenvalue weighted by molar-refractivity contribution is -0.870. The topological polar surface area (TPSA) is 108 Å². The maximum atomic E-state index is 12.9. The second-order valence-corrected chi connectivity index (χ2v) is 20.2. The molecule has 0 fully saturated rings. The SMILES string of the molecule is CC/C=C\C/C=C\C/C=C\C/C=C\CCCCCCCCCCCCCCC(=O)OC(COC(=O)CCCCCCCC/C=C\C/C=C\C/C=C\CCCCCCC)COC(OCC[N+](C)(C)C)C(=O)O. The van der Waals surface area contributed by atoms with E-state index in [0.29, 0.717) is 17.4 Å². The molecule has 0 bridgehead atoms. The molecule has 0 heterocycles. The first-order valence-electron chi connectivity index (χ1n) is 28.8. The monoisotopic (exact) mass is 995 g/mol. The molecule has 0 saturated heterocycles. The number of esters is 2. The van der Waals surface area contributed by atoms with Gasteiger partial charge in [-0.05, 0) is 89.9 Å². The summed E-state index contributed by atoms with van der Waals surface area (Å²) in [5.74, 6) is -2.03. The van der Waals surface area contributed by atoms with Crippen molar-refractivity contribution in [1.82, 2.24) is 0 Å². The zero-order chi connectivity index (χ0) is 52.0. The molecule has 2 atom stereocenters. The number of unbranched alkanes of at least 4 members (excludes halogenated alkanes) is 23. The first-order valence-corrected chi connectivity index (χ1v) is 28.8. The van der Waals surface area contributed by atoms with Crippen LogP contribution < -0.4 is 0 Å². The molecule has 0 rings (SSSR count). The second-order valence-electron chi connectivity index (χ2n) is 20.2. The summed E-state index contributed by atoms with van der Waals surface area (Å²) in [7, 11) is 5.96. The smallest absolute Gasteiger partial charge is 0.361 e.